The van der Waals surface area contributed by atoms with Gasteiger partial charge in [0.25, 0.3) is 0 Å². The van der Waals surface area contributed by atoms with Crippen LogP contribution < -0.4 is 10.2 Å². The third-order valence-electron chi connectivity index (χ3n) is 2.94. The number of nitrogens with one attached hydrogen (secondary N) is 1. The zero-order valence-electron chi connectivity index (χ0n) is 11.8. The number of methoxy groups -OCH3 is 1. The number of hydrazone groups is 1. The Kier molecular flexibility index (Phi) is 5.40. The van der Waals surface area contributed by atoms with Gasteiger partial charge >= 0.3 is 0 Å². The fraction of sp³-hybridized carbons (Fsp3) is 0.133. The molecule has 0 aliphatic rings. The van der Waals surface area contributed by atoms with Crippen molar-refractivity contribution in [2.24, 2.45) is 5.10 Å². The van der Waals surface area contributed by atoms with Crippen molar-refractivity contribution in [3.63, 3.8) is 0 Å². The normalized spacial score (nSPS) is 11.4. The lowest BCUT2D eigenvalue weighted by Crippen LogP contribution is -2.01. The Balaban J connectivity index is 2.31. The Labute approximate surface area is 143 Å². The zero-order chi connectivity index (χ0) is 16.3. The first-order chi connectivity index (χ1) is 10.4. The van der Waals surface area contributed by atoms with E-state index in [9.17, 15) is 5.11 Å². The quantitative estimate of drug-likeness (QED) is 0.583. The number of anilines is 1. The van der Waals surface area contributed by atoms with Crippen LogP contribution >= 0.6 is 34.8 Å². The van der Waals surface area contributed by atoms with E-state index in [1.165, 1.54) is 6.07 Å². The number of hydrogen-bond donors (Lipinski definition) is 2. The standard InChI is InChI=1S/C15H13Cl3N2O2/c1-8(11-7-10(22-2)3-4-14(11)21)19-20-15-12(17)5-9(16)6-13(15)18/h3-7,20-21H,1-2H3/b19-8+. The minimum atomic E-state index is 0.0946. The number of benzene rings is 2. The van der Waals surface area contributed by atoms with Crippen molar-refractivity contribution in [3.8, 4) is 11.5 Å². The van der Waals surface area contributed by atoms with Crippen molar-refractivity contribution in [1.29, 1.82) is 0 Å². The second-order valence-electron chi connectivity index (χ2n) is 4.44. The Bertz CT molecular complexity index is 710. The lowest BCUT2D eigenvalue weighted by molar-refractivity contribution is 0.412. The first-order valence-electron chi connectivity index (χ1n) is 6.24. The Morgan fingerprint density at radius 1 is 1.14 bits per heavy atom. The van der Waals surface area contributed by atoms with E-state index in [-0.39, 0.29) is 5.75 Å². The molecule has 0 unspecified atom stereocenters. The first kappa shape index (κ1) is 16.7. The number of halogens is 3. The Morgan fingerprint density at radius 3 is 2.36 bits per heavy atom. The third-order valence-corrected chi connectivity index (χ3v) is 3.75. The Hall–Kier alpha value is -1.62. The maximum atomic E-state index is 9.91. The number of ether oxygens (including phenoxy) is 1. The number of hydrogen-bond acceptors (Lipinski definition) is 4. The van der Waals surface area contributed by atoms with Gasteiger partial charge in [-0.2, -0.15) is 5.10 Å². The largest absolute Gasteiger partial charge is 0.507 e. The second kappa shape index (κ2) is 7.09. The molecule has 116 valence electrons. The van der Waals surface area contributed by atoms with Crippen LogP contribution in [0.25, 0.3) is 0 Å². The van der Waals surface area contributed by atoms with Crippen LogP contribution in [0.3, 0.4) is 0 Å². The topological polar surface area (TPSA) is 53.9 Å². The van der Waals surface area contributed by atoms with Gasteiger partial charge in [-0.3, -0.25) is 5.43 Å². The van der Waals surface area contributed by atoms with Crippen LogP contribution in [0.1, 0.15) is 12.5 Å². The molecular formula is C15H13Cl3N2O2. The number of phenolic OH excluding ortho intramolecular Hbond substituents is 1. The number of rotatable bonds is 4. The monoisotopic (exact) mass is 358 g/mol. The van der Waals surface area contributed by atoms with E-state index in [1.54, 1.807) is 38.3 Å². The smallest absolute Gasteiger partial charge is 0.124 e. The van der Waals surface area contributed by atoms with Crippen LogP contribution in [-0.4, -0.2) is 17.9 Å². The SMILES string of the molecule is COc1ccc(O)c(/C(C)=N/Nc2c(Cl)cc(Cl)cc2Cl)c1. The van der Waals surface area contributed by atoms with E-state index in [0.29, 0.717) is 37.8 Å². The van der Waals surface area contributed by atoms with Crippen LogP contribution in [0.15, 0.2) is 35.4 Å². The molecule has 7 heteroatoms. The summed E-state index contributed by atoms with van der Waals surface area (Å²) >= 11 is 18.0. The molecule has 0 aliphatic heterocycles. The molecular weight excluding hydrogens is 347 g/mol. The fourth-order valence-electron chi connectivity index (χ4n) is 1.78. The molecule has 0 bridgehead atoms. The zero-order valence-corrected chi connectivity index (χ0v) is 14.1. The molecule has 2 N–H and O–H groups in total. The third kappa shape index (κ3) is 3.77. The summed E-state index contributed by atoms with van der Waals surface area (Å²) in [6.45, 7) is 1.74. The van der Waals surface area contributed by atoms with E-state index >= 15 is 0 Å². The molecule has 0 saturated carbocycles. The summed E-state index contributed by atoms with van der Waals surface area (Å²) in [6, 6.07) is 8.00. The molecule has 0 fully saturated rings. The van der Waals surface area contributed by atoms with Crippen molar-refractivity contribution in [3.05, 3.63) is 51.0 Å². The molecule has 4 nitrogen and oxygen atoms in total. The molecule has 0 spiro atoms. The summed E-state index contributed by atoms with van der Waals surface area (Å²) in [5.41, 5.74) is 4.30. The Morgan fingerprint density at radius 2 is 1.77 bits per heavy atom. The van der Waals surface area contributed by atoms with Gasteiger partial charge in [-0.05, 0) is 37.3 Å². The van der Waals surface area contributed by atoms with Gasteiger partial charge in [0, 0.05) is 10.6 Å². The summed E-state index contributed by atoms with van der Waals surface area (Å²) < 4.78 is 5.13. The van der Waals surface area contributed by atoms with Gasteiger partial charge in [0.15, 0.2) is 0 Å². The highest BCUT2D eigenvalue weighted by atomic mass is 35.5. The minimum absolute atomic E-state index is 0.0946. The van der Waals surface area contributed by atoms with Gasteiger partial charge in [-0.25, -0.2) is 0 Å². The minimum Gasteiger partial charge on any atom is -0.507 e. The maximum absolute atomic E-state index is 9.91. The lowest BCUT2D eigenvalue weighted by Gasteiger charge is -2.10. The van der Waals surface area contributed by atoms with Crippen LogP contribution in [0.5, 0.6) is 11.5 Å². The van der Waals surface area contributed by atoms with Crippen molar-refractivity contribution < 1.29 is 9.84 Å². The highest BCUT2D eigenvalue weighted by Gasteiger charge is 2.09. The number of aromatic hydroxyl groups is 1. The highest BCUT2D eigenvalue weighted by Crippen LogP contribution is 2.34. The molecule has 0 radical (unpaired) electrons. The van der Waals surface area contributed by atoms with E-state index < -0.39 is 0 Å². The molecule has 0 atom stereocenters. The summed E-state index contributed by atoms with van der Waals surface area (Å²) in [4.78, 5) is 0. The van der Waals surface area contributed by atoms with Crippen LogP contribution in [-0.2, 0) is 0 Å². The maximum Gasteiger partial charge on any atom is 0.124 e. The summed E-state index contributed by atoms with van der Waals surface area (Å²) in [5.74, 6) is 0.710. The molecule has 0 aromatic heterocycles. The number of phenols is 1. The summed E-state index contributed by atoms with van der Waals surface area (Å²) in [5, 5.41) is 15.2. The van der Waals surface area contributed by atoms with Crippen LogP contribution in [0.4, 0.5) is 5.69 Å². The lowest BCUT2D eigenvalue weighted by atomic mass is 10.1. The van der Waals surface area contributed by atoms with E-state index in [4.69, 9.17) is 39.5 Å². The molecule has 0 saturated heterocycles. The molecule has 0 amide bonds. The average molecular weight is 360 g/mol. The molecule has 2 aromatic carbocycles. The van der Waals surface area contributed by atoms with Gasteiger partial charge in [0.05, 0.1) is 28.6 Å². The second-order valence-corrected chi connectivity index (χ2v) is 5.69. The van der Waals surface area contributed by atoms with Crippen LogP contribution in [0, 0.1) is 0 Å². The molecule has 2 aromatic rings. The fourth-order valence-corrected chi connectivity index (χ4v) is 2.68. The van der Waals surface area contributed by atoms with E-state index in [0.717, 1.165) is 0 Å². The van der Waals surface area contributed by atoms with Crippen molar-refractivity contribution in [1.82, 2.24) is 0 Å². The van der Waals surface area contributed by atoms with Crippen molar-refractivity contribution in [2.75, 3.05) is 12.5 Å². The number of nitrogens with zero attached hydrogens (tertiary/aromatic N) is 1. The average Bonchev–Trinajstić information content (AvgIpc) is 2.46. The highest BCUT2D eigenvalue weighted by molar-refractivity contribution is 6.41. The van der Waals surface area contributed by atoms with Gasteiger partial charge < -0.3 is 9.84 Å². The van der Waals surface area contributed by atoms with Gasteiger partial charge in [0.1, 0.15) is 11.5 Å². The molecule has 0 heterocycles. The van der Waals surface area contributed by atoms with Gasteiger partial charge in [-0.1, -0.05) is 34.8 Å². The predicted octanol–water partition coefficient (Wildman–Crippen LogP) is 5.20. The van der Waals surface area contributed by atoms with Crippen LogP contribution in [0.2, 0.25) is 15.1 Å². The predicted molar refractivity (Wildman–Crippen MR) is 92.0 cm³/mol. The van der Waals surface area contributed by atoms with Crippen molar-refractivity contribution >= 4 is 46.2 Å². The summed E-state index contributed by atoms with van der Waals surface area (Å²) in [7, 11) is 1.55. The first-order valence-corrected chi connectivity index (χ1v) is 7.38. The molecule has 22 heavy (non-hydrogen) atoms. The summed E-state index contributed by atoms with van der Waals surface area (Å²) in [6.07, 6.45) is 0. The molecule has 0 aliphatic carbocycles. The van der Waals surface area contributed by atoms with Gasteiger partial charge in [0.2, 0.25) is 0 Å². The van der Waals surface area contributed by atoms with Gasteiger partial charge in [-0.15, -0.1) is 0 Å². The molecule has 2 rings (SSSR count). The van der Waals surface area contributed by atoms with E-state index in [2.05, 4.69) is 10.5 Å². The van der Waals surface area contributed by atoms with E-state index in [1.807, 2.05) is 0 Å². The van der Waals surface area contributed by atoms with Crippen molar-refractivity contribution in [2.45, 2.75) is 6.92 Å².